The van der Waals surface area contributed by atoms with Crippen molar-refractivity contribution in [2.45, 2.75) is 27.4 Å². The third kappa shape index (κ3) is 2.80. The van der Waals surface area contributed by atoms with Gasteiger partial charge in [0.05, 0.1) is 6.61 Å². The summed E-state index contributed by atoms with van der Waals surface area (Å²) in [5, 5.41) is 9.22. The molecule has 0 atom stereocenters. The van der Waals surface area contributed by atoms with E-state index in [1.54, 1.807) is 12.3 Å². The number of rotatable bonds is 1. The zero-order valence-corrected chi connectivity index (χ0v) is 8.39. The highest BCUT2D eigenvalue weighted by Crippen LogP contribution is 2.14. The molecular weight excluding hydrogens is 174 g/mol. The van der Waals surface area contributed by atoms with Gasteiger partial charge >= 0.3 is 0 Å². The molecule has 68 valence electrons. The van der Waals surface area contributed by atoms with Gasteiger partial charge in [0.15, 0.2) is 0 Å². The Morgan fingerprint density at radius 1 is 1.50 bits per heavy atom. The van der Waals surface area contributed by atoms with Crippen LogP contribution in [0.3, 0.4) is 0 Å². The van der Waals surface area contributed by atoms with Crippen LogP contribution in [0, 0.1) is 6.92 Å². The summed E-state index contributed by atoms with van der Waals surface area (Å²) in [5.41, 5.74) is 1.69. The van der Waals surface area contributed by atoms with E-state index in [2.05, 4.69) is 4.98 Å². The van der Waals surface area contributed by atoms with Crippen LogP contribution in [0.25, 0.3) is 0 Å². The van der Waals surface area contributed by atoms with Crippen molar-refractivity contribution in [2.24, 2.45) is 0 Å². The highest BCUT2D eigenvalue weighted by Gasteiger charge is 1.99. The standard InChI is InChI=1S/C7H8ClNO.C2H6/c1-5-6(4-10)2-3-9-7(5)8;1-2/h2-3,10H,4H2,1H3;1-2H3. The molecule has 0 aromatic carbocycles. The molecule has 1 aromatic heterocycles. The van der Waals surface area contributed by atoms with Gasteiger partial charge in [0.25, 0.3) is 0 Å². The minimum Gasteiger partial charge on any atom is -0.392 e. The lowest BCUT2D eigenvalue weighted by Gasteiger charge is -2.00. The number of aliphatic hydroxyl groups excluding tert-OH is 1. The van der Waals surface area contributed by atoms with Crippen LogP contribution in [0.1, 0.15) is 25.0 Å². The van der Waals surface area contributed by atoms with Crippen molar-refractivity contribution in [3.63, 3.8) is 0 Å². The molecule has 0 aliphatic carbocycles. The van der Waals surface area contributed by atoms with Crippen molar-refractivity contribution < 1.29 is 5.11 Å². The van der Waals surface area contributed by atoms with Gasteiger partial charge in [0.1, 0.15) is 5.15 Å². The summed E-state index contributed by atoms with van der Waals surface area (Å²) in [7, 11) is 0. The number of aliphatic hydroxyl groups is 1. The maximum atomic E-state index is 8.76. The number of hydrogen-bond acceptors (Lipinski definition) is 2. The van der Waals surface area contributed by atoms with Gasteiger partial charge in [-0.05, 0) is 24.1 Å². The van der Waals surface area contributed by atoms with Crippen LogP contribution in [0.15, 0.2) is 12.3 Å². The smallest absolute Gasteiger partial charge is 0.132 e. The second-order valence-electron chi connectivity index (χ2n) is 2.04. The third-order valence-electron chi connectivity index (χ3n) is 1.43. The van der Waals surface area contributed by atoms with Gasteiger partial charge in [0, 0.05) is 6.20 Å². The SMILES string of the molecule is CC.Cc1c(CO)ccnc1Cl. The van der Waals surface area contributed by atoms with Gasteiger partial charge in [-0.15, -0.1) is 0 Å². The maximum absolute atomic E-state index is 8.76. The lowest BCUT2D eigenvalue weighted by molar-refractivity contribution is 0.281. The highest BCUT2D eigenvalue weighted by molar-refractivity contribution is 6.30. The average molecular weight is 188 g/mol. The fourth-order valence-corrected chi connectivity index (χ4v) is 0.896. The Morgan fingerprint density at radius 3 is 2.50 bits per heavy atom. The maximum Gasteiger partial charge on any atom is 0.132 e. The zero-order valence-electron chi connectivity index (χ0n) is 7.63. The van der Waals surface area contributed by atoms with Gasteiger partial charge in [-0.2, -0.15) is 0 Å². The Labute approximate surface area is 78.2 Å². The van der Waals surface area contributed by atoms with Crippen LogP contribution >= 0.6 is 11.6 Å². The molecule has 2 nitrogen and oxygen atoms in total. The highest BCUT2D eigenvalue weighted by atomic mass is 35.5. The Kier molecular flexibility index (Phi) is 5.68. The molecule has 12 heavy (non-hydrogen) atoms. The Morgan fingerprint density at radius 2 is 2.08 bits per heavy atom. The third-order valence-corrected chi connectivity index (χ3v) is 1.81. The fraction of sp³-hybridized carbons (Fsp3) is 0.444. The van der Waals surface area contributed by atoms with E-state index in [0.717, 1.165) is 11.1 Å². The Balaban J connectivity index is 0.000000561. The summed E-state index contributed by atoms with van der Waals surface area (Å²) in [6, 6.07) is 1.75. The van der Waals surface area contributed by atoms with Crippen LogP contribution in [0.4, 0.5) is 0 Å². The molecular formula is C9H14ClNO. The zero-order chi connectivity index (χ0) is 9.56. The lowest BCUT2D eigenvalue weighted by atomic mass is 10.2. The van der Waals surface area contributed by atoms with Crippen molar-refractivity contribution in [3.05, 3.63) is 28.5 Å². The van der Waals surface area contributed by atoms with E-state index < -0.39 is 0 Å². The van der Waals surface area contributed by atoms with Crippen molar-refractivity contribution in [1.82, 2.24) is 4.98 Å². The van der Waals surface area contributed by atoms with E-state index in [1.807, 2.05) is 20.8 Å². The number of aromatic nitrogens is 1. The van der Waals surface area contributed by atoms with Crippen LogP contribution in [-0.4, -0.2) is 10.1 Å². The van der Waals surface area contributed by atoms with Gasteiger partial charge in [-0.1, -0.05) is 25.4 Å². The van der Waals surface area contributed by atoms with Crippen LogP contribution < -0.4 is 0 Å². The number of pyridine rings is 1. The molecule has 0 fully saturated rings. The first kappa shape index (κ1) is 11.4. The minimum atomic E-state index is 0.0219. The van der Waals surface area contributed by atoms with E-state index in [0.29, 0.717) is 5.15 Å². The lowest BCUT2D eigenvalue weighted by Crippen LogP contribution is -1.90. The Bertz CT molecular complexity index is 238. The summed E-state index contributed by atoms with van der Waals surface area (Å²) < 4.78 is 0. The first-order chi connectivity index (χ1) is 5.75. The molecule has 1 aromatic rings. The normalized spacial score (nSPS) is 8.75. The quantitative estimate of drug-likeness (QED) is 0.686. The van der Waals surface area contributed by atoms with Crippen LogP contribution in [-0.2, 0) is 6.61 Å². The topological polar surface area (TPSA) is 33.1 Å². The molecule has 0 unspecified atom stereocenters. The average Bonchev–Trinajstić information content (AvgIpc) is 2.13. The summed E-state index contributed by atoms with van der Waals surface area (Å²) in [6.07, 6.45) is 1.58. The van der Waals surface area contributed by atoms with Crippen LogP contribution in [0.5, 0.6) is 0 Å². The van der Waals surface area contributed by atoms with Gasteiger partial charge < -0.3 is 5.11 Å². The molecule has 0 saturated carbocycles. The molecule has 3 heteroatoms. The molecule has 0 amide bonds. The van der Waals surface area contributed by atoms with E-state index in [1.165, 1.54) is 0 Å². The molecule has 0 aliphatic heterocycles. The van der Waals surface area contributed by atoms with Crippen LogP contribution in [0.2, 0.25) is 5.15 Å². The first-order valence-electron chi connectivity index (χ1n) is 3.96. The first-order valence-corrected chi connectivity index (χ1v) is 4.34. The molecule has 0 radical (unpaired) electrons. The Hall–Kier alpha value is -0.600. The second-order valence-corrected chi connectivity index (χ2v) is 2.40. The fourth-order valence-electron chi connectivity index (χ4n) is 0.718. The van der Waals surface area contributed by atoms with Crippen molar-refractivity contribution in [3.8, 4) is 0 Å². The van der Waals surface area contributed by atoms with E-state index in [-0.39, 0.29) is 6.61 Å². The van der Waals surface area contributed by atoms with E-state index >= 15 is 0 Å². The molecule has 1 N–H and O–H groups in total. The predicted octanol–water partition coefficient (Wildman–Crippen LogP) is 2.56. The summed E-state index contributed by atoms with van der Waals surface area (Å²) >= 11 is 5.67. The summed E-state index contributed by atoms with van der Waals surface area (Å²) in [4.78, 5) is 3.84. The van der Waals surface area contributed by atoms with Crippen molar-refractivity contribution in [2.75, 3.05) is 0 Å². The molecule has 0 saturated heterocycles. The molecule has 0 aliphatic rings. The van der Waals surface area contributed by atoms with Gasteiger partial charge in [-0.3, -0.25) is 0 Å². The second kappa shape index (κ2) is 5.98. The summed E-state index contributed by atoms with van der Waals surface area (Å²) in [6.45, 7) is 5.86. The molecule has 0 bridgehead atoms. The summed E-state index contributed by atoms with van der Waals surface area (Å²) in [5.74, 6) is 0. The molecule has 1 rings (SSSR count). The van der Waals surface area contributed by atoms with Crippen molar-refractivity contribution in [1.29, 1.82) is 0 Å². The number of nitrogens with zero attached hydrogens (tertiary/aromatic N) is 1. The van der Waals surface area contributed by atoms with Gasteiger partial charge in [-0.25, -0.2) is 4.98 Å². The molecule has 0 spiro atoms. The monoisotopic (exact) mass is 187 g/mol. The van der Waals surface area contributed by atoms with Gasteiger partial charge in [0.2, 0.25) is 0 Å². The largest absolute Gasteiger partial charge is 0.392 e. The molecule has 1 heterocycles. The van der Waals surface area contributed by atoms with E-state index in [9.17, 15) is 0 Å². The predicted molar refractivity (Wildman–Crippen MR) is 51.3 cm³/mol. The minimum absolute atomic E-state index is 0.0219. The number of hydrogen-bond donors (Lipinski definition) is 1. The van der Waals surface area contributed by atoms with E-state index in [4.69, 9.17) is 16.7 Å². The van der Waals surface area contributed by atoms with Crippen molar-refractivity contribution >= 4 is 11.6 Å². The number of halogens is 1.